The fourth-order valence-electron chi connectivity index (χ4n) is 2.05. The highest BCUT2D eigenvalue weighted by molar-refractivity contribution is 8.23. The van der Waals surface area contributed by atoms with Crippen molar-refractivity contribution in [2.24, 2.45) is 0 Å². The summed E-state index contributed by atoms with van der Waals surface area (Å²) in [5.41, 5.74) is 0.105. The van der Waals surface area contributed by atoms with Crippen molar-refractivity contribution >= 4 is 57.2 Å². The monoisotopic (exact) mass is 359 g/mol. The van der Waals surface area contributed by atoms with Crippen LogP contribution in [0.15, 0.2) is 18.2 Å². The van der Waals surface area contributed by atoms with Crippen molar-refractivity contribution in [1.29, 1.82) is 0 Å². The van der Waals surface area contributed by atoms with Crippen LogP contribution in [-0.4, -0.2) is 38.9 Å². The van der Waals surface area contributed by atoms with E-state index < -0.39 is 4.92 Å². The Labute approximate surface area is 142 Å². The van der Waals surface area contributed by atoms with Gasteiger partial charge in [0.15, 0.2) is 0 Å². The number of nitrogens with zero attached hydrogens (tertiary/aromatic N) is 2. The number of rotatable bonds is 4. The zero-order valence-corrected chi connectivity index (χ0v) is 14.0. The molecule has 1 fully saturated rings. The molecule has 0 atom stereocenters. The third-order valence-electron chi connectivity index (χ3n) is 3.12. The van der Waals surface area contributed by atoms with Crippen LogP contribution in [0.25, 0.3) is 0 Å². The van der Waals surface area contributed by atoms with E-state index in [0.717, 1.165) is 30.3 Å². The molecular formula is C13H14ClN3O3S2. The Morgan fingerprint density at radius 2 is 2.14 bits per heavy atom. The normalized spacial score (nSPS) is 14.0. The van der Waals surface area contributed by atoms with Gasteiger partial charge in [0, 0.05) is 24.8 Å². The van der Waals surface area contributed by atoms with Gasteiger partial charge < -0.3 is 10.2 Å². The molecule has 1 heterocycles. The third kappa shape index (κ3) is 4.56. The molecular weight excluding hydrogens is 346 g/mol. The molecule has 6 nitrogen and oxygen atoms in total. The summed E-state index contributed by atoms with van der Waals surface area (Å²) >= 11 is 12.3. The number of amides is 1. The molecule has 22 heavy (non-hydrogen) atoms. The van der Waals surface area contributed by atoms with Crippen molar-refractivity contribution in [2.45, 2.75) is 12.8 Å². The number of hydrogen-bond acceptors (Lipinski definition) is 5. The minimum absolute atomic E-state index is 0.0348. The van der Waals surface area contributed by atoms with E-state index in [4.69, 9.17) is 23.8 Å². The van der Waals surface area contributed by atoms with Gasteiger partial charge in [-0.3, -0.25) is 14.9 Å². The number of halogens is 1. The minimum Gasteiger partial charge on any atom is -0.358 e. The second kappa shape index (κ2) is 7.75. The predicted molar refractivity (Wildman–Crippen MR) is 92.6 cm³/mol. The van der Waals surface area contributed by atoms with Gasteiger partial charge in [0.1, 0.15) is 9.34 Å². The lowest BCUT2D eigenvalue weighted by molar-refractivity contribution is -0.384. The fourth-order valence-corrected chi connectivity index (χ4v) is 3.28. The summed E-state index contributed by atoms with van der Waals surface area (Å²) in [5, 5.41) is 13.4. The van der Waals surface area contributed by atoms with Crippen molar-refractivity contribution in [3.05, 3.63) is 33.3 Å². The average molecular weight is 360 g/mol. The SMILES string of the molecule is O=C(CSC(=S)N1CCCC1)Nc1ccc(Cl)c([N+](=O)[O-])c1. The number of carbonyl (C=O) groups excluding carboxylic acids is 1. The van der Waals surface area contributed by atoms with Crippen molar-refractivity contribution < 1.29 is 9.72 Å². The zero-order chi connectivity index (χ0) is 16.1. The van der Waals surface area contributed by atoms with Crippen LogP contribution < -0.4 is 5.32 Å². The Morgan fingerprint density at radius 1 is 1.45 bits per heavy atom. The first kappa shape index (κ1) is 17.0. The van der Waals surface area contributed by atoms with E-state index in [-0.39, 0.29) is 22.4 Å². The highest BCUT2D eigenvalue weighted by Crippen LogP contribution is 2.27. The molecule has 0 aromatic heterocycles. The van der Waals surface area contributed by atoms with E-state index in [1.54, 1.807) is 0 Å². The van der Waals surface area contributed by atoms with E-state index in [1.165, 1.54) is 30.0 Å². The number of anilines is 1. The maximum absolute atomic E-state index is 11.9. The van der Waals surface area contributed by atoms with Crippen molar-refractivity contribution in [3.63, 3.8) is 0 Å². The van der Waals surface area contributed by atoms with Gasteiger partial charge in [0.2, 0.25) is 5.91 Å². The number of thiocarbonyl (C=S) groups is 1. The number of carbonyl (C=O) groups is 1. The van der Waals surface area contributed by atoms with Crippen LogP contribution in [0.1, 0.15) is 12.8 Å². The smallest absolute Gasteiger partial charge is 0.289 e. The number of nitrogens with one attached hydrogen (secondary N) is 1. The molecule has 0 spiro atoms. The minimum atomic E-state index is -0.588. The summed E-state index contributed by atoms with van der Waals surface area (Å²) in [6.45, 7) is 1.88. The number of thioether (sulfide) groups is 1. The number of likely N-dealkylation sites (tertiary alicyclic amines) is 1. The van der Waals surface area contributed by atoms with Crippen molar-refractivity contribution in [2.75, 3.05) is 24.2 Å². The first-order valence-electron chi connectivity index (χ1n) is 6.63. The van der Waals surface area contributed by atoms with Gasteiger partial charge in [-0.05, 0) is 25.0 Å². The van der Waals surface area contributed by atoms with E-state index in [1.807, 2.05) is 0 Å². The summed E-state index contributed by atoms with van der Waals surface area (Å²) < 4.78 is 0.717. The Morgan fingerprint density at radius 3 is 2.77 bits per heavy atom. The van der Waals surface area contributed by atoms with Gasteiger partial charge in [-0.25, -0.2) is 0 Å². The second-order valence-electron chi connectivity index (χ2n) is 4.72. The highest BCUT2D eigenvalue weighted by Gasteiger charge is 2.17. The molecule has 1 aliphatic rings. The molecule has 0 unspecified atom stereocenters. The van der Waals surface area contributed by atoms with E-state index >= 15 is 0 Å². The van der Waals surface area contributed by atoms with Crippen molar-refractivity contribution in [1.82, 2.24) is 4.90 Å². The number of hydrogen-bond donors (Lipinski definition) is 1. The van der Waals surface area contributed by atoms with Crippen LogP contribution in [-0.2, 0) is 4.79 Å². The Bertz CT molecular complexity index is 606. The molecule has 0 bridgehead atoms. The van der Waals surface area contributed by atoms with Crippen LogP contribution in [0.3, 0.4) is 0 Å². The Balaban J connectivity index is 1.87. The van der Waals surface area contributed by atoms with E-state index in [2.05, 4.69) is 10.2 Å². The van der Waals surface area contributed by atoms with Gasteiger partial charge in [-0.1, -0.05) is 35.6 Å². The standard InChI is InChI=1S/C13H14ClN3O3S2/c14-10-4-3-9(7-11(10)17(19)20)15-12(18)8-22-13(21)16-5-1-2-6-16/h3-4,7H,1-2,5-6,8H2,(H,15,18). The molecule has 2 rings (SSSR count). The maximum atomic E-state index is 11.9. The van der Waals surface area contributed by atoms with Gasteiger partial charge in [-0.2, -0.15) is 0 Å². The molecule has 1 N–H and O–H groups in total. The summed E-state index contributed by atoms with van der Waals surface area (Å²) in [5.74, 6) is -0.0886. The maximum Gasteiger partial charge on any atom is 0.289 e. The average Bonchev–Trinajstić information content (AvgIpc) is 3.01. The lowest BCUT2D eigenvalue weighted by Gasteiger charge is -2.17. The lowest BCUT2D eigenvalue weighted by atomic mass is 10.3. The summed E-state index contributed by atoms with van der Waals surface area (Å²) in [7, 11) is 0. The van der Waals surface area contributed by atoms with Crippen LogP contribution in [0.4, 0.5) is 11.4 Å². The Hall–Kier alpha value is -1.38. The lowest BCUT2D eigenvalue weighted by Crippen LogP contribution is -2.25. The summed E-state index contributed by atoms with van der Waals surface area (Å²) in [6, 6.07) is 4.15. The molecule has 1 saturated heterocycles. The van der Waals surface area contributed by atoms with Gasteiger partial charge >= 0.3 is 0 Å². The first-order chi connectivity index (χ1) is 10.5. The van der Waals surface area contributed by atoms with Gasteiger partial charge in [0.25, 0.3) is 5.69 Å². The molecule has 1 amide bonds. The van der Waals surface area contributed by atoms with Crippen LogP contribution in [0.2, 0.25) is 5.02 Å². The number of nitro benzene ring substituents is 1. The molecule has 0 radical (unpaired) electrons. The van der Waals surface area contributed by atoms with Crippen LogP contribution >= 0.6 is 35.6 Å². The second-order valence-corrected chi connectivity index (χ2v) is 6.74. The number of benzene rings is 1. The predicted octanol–water partition coefficient (Wildman–Crippen LogP) is 3.30. The van der Waals surface area contributed by atoms with Gasteiger partial charge in [-0.15, -0.1) is 0 Å². The number of nitro groups is 1. The quantitative estimate of drug-likeness (QED) is 0.505. The van der Waals surface area contributed by atoms with E-state index in [9.17, 15) is 14.9 Å². The van der Waals surface area contributed by atoms with E-state index in [0.29, 0.717) is 5.69 Å². The zero-order valence-electron chi connectivity index (χ0n) is 11.6. The summed E-state index contributed by atoms with van der Waals surface area (Å²) in [4.78, 5) is 24.2. The topological polar surface area (TPSA) is 75.5 Å². The largest absolute Gasteiger partial charge is 0.358 e. The molecule has 1 aromatic carbocycles. The summed E-state index contributed by atoms with van der Waals surface area (Å²) in [6.07, 6.45) is 2.25. The highest BCUT2D eigenvalue weighted by atomic mass is 35.5. The third-order valence-corrected chi connectivity index (χ3v) is 4.96. The fraction of sp³-hybridized carbons (Fsp3) is 0.385. The van der Waals surface area contributed by atoms with Crippen LogP contribution in [0.5, 0.6) is 0 Å². The molecule has 0 saturated carbocycles. The Kier molecular flexibility index (Phi) is 5.98. The molecule has 9 heteroatoms. The van der Waals surface area contributed by atoms with Crippen LogP contribution in [0, 0.1) is 10.1 Å². The molecule has 1 aromatic rings. The molecule has 118 valence electrons. The van der Waals surface area contributed by atoms with Gasteiger partial charge in [0.05, 0.1) is 10.7 Å². The first-order valence-corrected chi connectivity index (χ1v) is 8.40. The molecule has 1 aliphatic heterocycles. The molecule has 0 aliphatic carbocycles. The van der Waals surface area contributed by atoms with Crippen molar-refractivity contribution in [3.8, 4) is 0 Å².